The van der Waals surface area contributed by atoms with Gasteiger partial charge in [0.15, 0.2) is 0 Å². The zero-order valence-corrected chi connectivity index (χ0v) is 12.7. The Morgan fingerprint density at radius 1 is 1.05 bits per heavy atom. The van der Waals surface area contributed by atoms with Crippen LogP contribution in [-0.2, 0) is 6.54 Å². The van der Waals surface area contributed by atoms with Crippen LogP contribution < -0.4 is 10.1 Å². The molecule has 2 nitrogen and oxygen atoms in total. The molecule has 2 rings (SSSR count). The zero-order chi connectivity index (χ0) is 14.4. The van der Waals surface area contributed by atoms with Crippen molar-refractivity contribution in [2.24, 2.45) is 0 Å². The summed E-state index contributed by atoms with van der Waals surface area (Å²) in [7, 11) is 1.68. The average molecular weight is 290 g/mol. The number of hydrogen-bond donors (Lipinski definition) is 1. The summed E-state index contributed by atoms with van der Waals surface area (Å²) in [6.07, 6.45) is 1.04. The van der Waals surface area contributed by atoms with Gasteiger partial charge in [-0.3, -0.25) is 0 Å². The van der Waals surface area contributed by atoms with Gasteiger partial charge >= 0.3 is 0 Å². The minimum absolute atomic E-state index is 0.342. The predicted octanol–water partition coefficient (Wildman–Crippen LogP) is 4.59. The van der Waals surface area contributed by atoms with Gasteiger partial charge in [0.05, 0.1) is 7.11 Å². The normalized spacial score (nSPS) is 12.2. The maximum atomic E-state index is 5.93. The largest absolute Gasteiger partial charge is 0.497 e. The van der Waals surface area contributed by atoms with Crippen LogP contribution in [0.5, 0.6) is 5.75 Å². The molecule has 20 heavy (non-hydrogen) atoms. The Morgan fingerprint density at radius 2 is 1.70 bits per heavy atom. The molecule has 0 radical (unpaired) electrons. The third-order valence-corrected chi connectivity index (χ3v) is 3.64. The molecule has 0 amide bonds. The van der Waals surface area contributed by atoms with Crippen LogP contribution >= 0.6 is 11.6 Å². The summed E-state index contributed by atoms with van der Waals surface area (Å²) in [5.74, 6) is 0.887. The molecule has 3 heteroatoms. The summed E-state index contributed by atoms with van der Waals surface area (Å²) < 4.78 is 5.16. The topological polar surface area (TPSA) is 21.3 Å². The Bertz CT molecular complexity index is 522. The third kappa shape index (κ3) is 3.99. The number of nitrogens with one attached hydrogen (secondary N) is 1. The SMILES string of the molecule is CCC(NCc1ccc(OC)cc1)c1ccc(Cl)cc1. The molecule has 2 aromatic rings. The molecular formula is C17H20ClNO. The lowest BCUT2D eigenvalue weighted by Gasteiger charge is -2.17. The zero-order valence-electron chi connectivity index (χ0n) is 11.9. The van der Waals surface area contributed by atoms with Crippen molar-refractivity contribution in [1.82, 2.24) is 5.32 Å². The van der Waals surface area contributed by atoms with E-state index in [2.05, 4.69) is 36.5 Å². The molecule has 1 atom stereocenters. The molecule has 0 aliphatic heterocycles. The van der Waals surface area contributed by atoms with Crippen molar-refractivity contribution in [3.63, 3.8) is 0 Å². The maximum absolute atomic E-state index is 5.93. The first-order valence-electron chi connectivity index (χ1n) is 6.84. The van der Waals surface area contributed by atoms with Crippen molar-refractivity contribution in [3.05, 3.63) is 64.7 Å². The van der Waals surface area contributed by atoms with Crippen molar-refractivity contribution < 1.29 is 4.74 Å². The van der Waals surface area contributed by atoms with Crippen LogP contribution in [0.15, 0.2) is 48.5 Å². The lowest BCUT2D eigenvalue weighted by molar-refractivity contribution is 0.414. The van der Waals surface area contributed by atoms with Crippen molar-refractivity contribution in [2.75, 3.05) is 7.11 Å². The number of benzene rings is 2. The van der Waals surface area contributed by atoms with Gasteiger partial charge in [-0.05, 0) is 41.8 Å². The van der Waals surface area contributed by atoms with E-state index in [0.717, 1.165) is 23.7 Å². The lowest BCUT2D eigenvalue weighted by atomic mass is 10.0. The van der Waals surface area contributed by atoms with Crippen LogP contribution in [0.3, 0.4) is 0 Å². The smallest absolute Gasteiger partial charge is 0.118 e. The monoisotopic (exact) mass is 289 g/mol. The van der Waals surface area contributed by atoms with Crippen LogP contribution in [0.25, 0.3) is 0 Å². The quantitative estimate of drug-likeness (QED) is 0.840. The van der Waals surface area contributed by atoms with E-state index in [1.807, 2.05) is 24.3 Å². The number of methoxy groups -OCH3 is 1. The highest BCUT2D eigenvalue weighted by Crippen LogP contribution is 2.20. The van der Waals surface area contributed by atoms with Crippen LogP contribution in [0.4, 0.5) is 0 Å². The maximum Gasteiger partial charge on any atom is 0.118 e. The highest BCUT2D eigenvalue weighted by atomic mass is 35.5. The Kier molecular flexibility index (Phi) is 5.45. The summed E-state index contributed by atoms with van der Waals surface area (Å²) in [4.78, 5) is 0. The van der Waals surface area contributed by atoms with Crippen molar-refractivity contribution in [3.8, 4) is 5.75 Å². The number of hydrogen-bond acceptors (Lipinski definition) is 2. The molecule has 0 aromatic heterocycles. The van der Waals surface area contributed by atoms with Gasteiger partial charge < -0.3 is 10.1 Å². The summed E-state index contributed by atoms with van der Waals surface area (Å²) in [6.45, 7) is 3.02. The number of halogens is 1. The second-order valence-corrected chi connectivity index (χ2v) is 5.18. The molecule has 0 saturated heterocycles. The Hall–Kier alpha value is -1.51. The minimum Gasteiger partial charge on any atom is -0.497 e. The molecule has 1 unspecified atom stereocenters. The van der Waals surface area contributed by atoms with Gasteiger partial charge in [0.25, 0.3) is 0 Å². The fraction of sp³-hybridized carbons (Fsp3) is 0.294. The molecule has 0 saturated carbocycles. The van der Waals surface area contributed by atoms with Crippen molar-refractivity contribution >= 4 is 11.6 Å². The van der Waals surface area contributed by atoms with E-state index in [-0.39, 0.29) is 0 Å². The minimum atomic E-state index is 0.342. The third-order valence-electron chi connectivity index (χ3n) is 3.39. The first kappa shape index (κ1) is 14.9. The molecule has 0 heterocycles. The van der Waals surface area contributed by atoms with Gasteiger partial charge in [0.2, 0.25) is 0 Å². The van der Waals surface area contributed by atoms with E-state index in [9.17, 15) is 0 Å². The van der Waals surface area contributed by atoms with Crippen LogP contribution in [0.1, 0.15) is 30.5 Å². The number of rotatable bonds is 6. The molecule has 106 valence electrons. The van der Waals surface area contributed by atoms with Gasteiger partial charge in [-0.1, -0.05) is 42.8 Å². The summed E-state index contributed by atoms with van der Waals surface area (Å²) in [6, 6.07) is 16.5. The van der Waals surface area contributed by atoms with Gasteiger partial charge in [0.1, 0.15) is 5.75 Å². The van der Waals surface area contributed by atoms with Crippen LogP contribution in [0, 0.1) is 0 Å². The van der Waals surface area contributed by atoms with Gasteiger partial charge in [-0.2, -0.15) is 0 Å². The molecule has 0 spiro atoms. The first-order valence-corrected chi connectivity index (χ1v) is 7.22. The van der Waals surface area contributed by atoms with E-state index >= 15 is 0 Å². The van der Waals surface area contributed by atoms with Gasteiger partial charge in [-0.15, -0.1) is 0 Å². The van der Waals surface area contributed by atoms with Gasteiger partial charge in [-0.25, -0.2) is 0 Å². The lowest BCUT2D eigenvalue weighted by Crippen LogP contribution is -2.20. The second kappa shape index (κ2) is 7.32. The van der Waals surface area contributed by atoms with Gasteiger partial charge in [0, 0.05) is 17.6 Å². The molecule has 2 aromatic carbocycles. The summed E-state index contributed by atoms with van der Waals surface area (Å²) >= 11 is 5.93. The van der Waals surface area contributed by atoms with E-state index in [1.54, 1.807) is 7.11 Å². The van der Waals surface area contributed by atoms with E-state index in [4.69, 9.17) is 16.3 Å². The Labute approximate surface area is 125 Å². The van der Waals surface area contributed by atoms with Crippen molar-refractivity contribution in [2.45, 2.75) is 25.9 Å². The van der Waals surface area contributed by atoms with Crippen molar-refractivity contribution in [1.29, 1.82) is 0 Å². The molecule has 0 aliphatic rings. The van der Waals surface area contributed by atoms with Crippen LogP contribution in [0.2, 0.25) is 5.02 Å². The van der Waals surface area contributed by atoms with E-state index < -0.39 is 0 Å². The molecule has 0 fully saturated rings. The first-order chi connectivity index (χ1) is 9.72. The molecule has 0 bridgehead atoms. The molecule has 1 N–H and O–H groups in total. The Morgan fingerprint density at radius 3 is 2.25 bits per heavy atom. The fourth-order valence-electron chi connectivity index (χ4n) is 2.18. The highest BCUT2D eigenvalue weighted by molar-refractivity contribution is 6.30. The Balaban J connectivity index is 1.97. The standard InChI is InChI=1S/C17H20ClNO/c1-3-17(14-6-8-15(18)9-7-14)19-12-13-4-10-16(20-2)11-5-13/h4-11,17,19H,3,12H2,1-2H3. The van der Waals surface area contributed by atoms with E-state index in [0.29, 0.717) is 6.04 Å². The van der Waals surface area contributed by atoms with E-state index in [1.165, 1.54) is 11.1 Å². The second-order valence-electron chi connectivity index (χ2n) is 4.74. The molecule has 0 aliphatic carbocycles. The molecular weight excluding hydrogens is 270 g/mol. The summed E-state index contributed by atoms with van der Waals surface area (Å²) in [5.41, 5.74) is 2.52. The summed E-state index contributed by atoms with van der Waals surface area (Å²) in [5, 5.41) is 4.35. The highest BCUT2D eigenvalue weighted by Gasteiger charge is 2.08. The predicted molar refractivity (Wildman–Crippen MR) is 84.3 cm³/mol. The van der Waals surface area contributed by atoms with Crippen LogP contribution in [-0.4, -0.2) is 7.11 Å². The number of ether oxygens (including phenoxy) is 1. The fourth-order valence-corrected chi connectivity index (χ4v) is 2.30. The average Bonchev–Trinajstić information content (AvgIpc) is 2.50.